The third-order valence-corrected chi connectivity index (χ3v) is 4.04. The maximum Gasteiger partial charge on any atom is 0.260 e. The van der Waals surface area contributed by atoms with Crippen LogP contribution in [0.15, 0.2) is 18.2 Å². The van der Waals surface area contributed by atoms with E-state index in [2.05, 4.69) is 10.6 Å². The molecule has 6 heteroatoms. The number of nitrogens with one attached hydrogen (secondary N) is 2. The molecule has 1 fully saturated rings. The molecule has 1 saturated heterocycles. The Morgan fingerprint density at radius 3 is 3.00 bits per heavy atom. The van der Waals surface area contributed by atoms with E-state index >= 15 is 0 Å². The zero-order valence-corrected chi connectivity index (χ0v) is 14.6. The first kappa shape index (κ1) is 19.1. The van der Waals surface area contributed by atoms with Gasteiger partial charge in [0.2, 0.25) is 0 Å². The Morgan fingerprint density at radius 2 is 2.32 bits per heavy atom. The number of piperidine rings is 1. The van der Waals surface area contributed by atoms with E-state index in [0.717, 1.165) is 25.1 Å². The van der Waals surface area contributed by atoms with Crippen molar-refractivity contribution < 1.29 is 9.53 Å². The highest BCUT2D eigenvalue weighted by molar-refractivity contribution is 6.32. The maximum absolute atomic E-state index is 12.1. The van der Waals surface area contributed by atoms with Crippen LogP contribution in [0.2, 0.25) is 5.02 Å². The van der Waals surface area contributed by atoms with Crippen molar-refractivity contribution in [3.63, 3.8) is 0 Å². The van der Waals surface area contributed by atoms with Gasteiger partial charge < -0.3 is 15.4 Å². The van der Waals surface area contributed by atoms with E-state index in [4.69, 9.17) is 16.3 Å². The van der Waals surface area contributed by atoms with Crippen LogP contribution in [0.1, 0.15) is 25.3 Å². The van der Waals surface area contributed by atoms with Crippen molar-refractivity contribution in [3.8, 4) is 5.75 Å². The third kappa shape index (κ3) is 5.67. The Hall–Kier alpha value is -0.970. The zero-order valence-electron chi connectivity index (χ0n) is 13.0. The molecule has 1 heterocycles. The van der Waals surface area contributed by atoms with Crippen molar-refractivity contribution in [2.45, 2.75) is 32.8 Å². The normalized spacial score (nSPS) is 19.0. The van der Waals surface area contributed by atoms with Crippen LogP contribution in [0.25, 0.3) is 0 Å². The van der Waals surface area contributed by atoms with Gasteiger partial charge in [0.15, 0.2) is 6.10 Å². The molecule has 0 spiro atoms. The van der Waals surface area contributed by atoms with Crippen molar-refractivity contribution in [1.82, 2.24) is 10.6 Å². The van der Waals surface area contributed by atoms with Crippen LogP contribution in [0.3, 0.4) is 0 Å². The van der Waals surface area contributed by atoms with Crippen LogP contribution < -0.4 is 15.4 Å². The van der Waals surface area contributed by atoms with Crippen LogP contribution in [-0.2, 0) is 4.79 Å². The van der Waals surface area contributed by atoms with E-state index in [1.807, 2.05) is 19.1 Å². The van der Waals surface area contributed by atoms with Gasteiger partial charge in [0.05, 0.1) is 5.02 Å². The van der Waals surface area contributed by atoms with Crippen LogP contribution in [0.5, 0.6) is 5.75 Å². The van der Waals surface area contributed by atoms with E-state index in [-0.39, 0.29) is 18.3 Å². The van der Waals surface area contributed by atoms with Gasteiger partial charge in [-0.25, -0.2) is 0 Å². The lowest BCUT2D eigenvalue weighted by Gasteiger charge is -2.24. The van der Waals surface area contributed by atoms with Crippen molar-refractivity contribution in [2.75, 3.05) is 19.6 Å². The Kier molecular flexibility index (Phi) is 8.01. The van der Waals surface area contributed by atoms with Crippen LogP contribution >= 0.6 is 24.0 Å². The highest BCUT2D eigenvalue weighted by Gasteiger charge is 2.19. The second-order valence-corrected chi connectivity index (χ2v) is 6.06. The fraction of sp³-hybridized carbons (Fsp3) is 0.562. The molecule has 124 valence electrons. The molecule has 0 aromatic heterocycles. The van der Waals surface area contributed by atoms with E-state index in [0.29, 0.717) is 23.2 Å². The number of hydrogen-bond donors (Lipinski definition) is 2. The molecular formula is C16H24Cl2N2O2. The average molecular weight is 347 g/mol. The first-order chi connectivity index (χ1) is 10.1. The summed E-state index contributed by atoms with van der Waals surface area (Å²) in [6, 6.07) is 5.54. The van der Waals surface area contributed by atoms with Gasteiger partial charge in [-0.2, -0.15) is 0 Å². The van der Waals surface area contributed by atoms with Gasteiger partial charge in [-0.15, -0.1) is 12.4 Å². The van der Waals surface area contributed by atoms with Crippen molar-refractivity contribution in [3.05, 3.63) is 28.8 Å². The number of aryl methyl sites for hydroxylation is 1. The molecule has 0 aliphatic carbocycles. The Balaban J connectivity index is 0.00000242. The second kappa shape index (κ2) is 9.23. The molecule has 22 heavy (non-hydrogen) atoms. The number of carbonyl (C=O) groups is 1. The summed E-state index contributed by atoms with van der Waals surface area (Å²) in [5.41, 5.74) is 1.05. The molecule has 1 aliphatic heterocycles. The highest BCUT2D eigenvalue weighted by atomic mass is 35.5. The molecule has 2 atom stereocenters. The molecule has 2 rings (SSSR count). The van der Waals surface area contributed by atoms with E-state index < -0.39 is 6.10 Å². The third-order valence-electron chi connectivity index (χ3n) is 3.72. The number of rotatable bonds is 5. The standard InChI is InChI=1S/C16H23ClN2O2.ClH/c1-11-5-6-14(17)15(8-11)21-12(2)16(20)19-10-13-4-3-7-18-9-13;/h5-6,8,12-13,18H,3-4,7,9-10H2,1-2H3,(H,19,20);1H. The van der Waals surface area contributed by atoms with Gasteiger partial charge in [-0.05, 0) is 63.4 Å². The number of hydrogen-bond acceptors (Lipinski definition) is 3. The molecule has 1 amide bonds. The lowest BCUT2D eigenvalue weighted by Crippen LogP contribution is -2.42. The maximum atomic E-state index is 12.1. The summed E-state index contributed by atoms with van der Waals surface area (Å²) < 4.78 is 5.67. The molecule has 2 unspecified atom stereocenters. The van der Waals surface area contributed by atoms with E-state index in [1.54, 1.807) is 13.0 Å². The minimum atomic E-state index is -0.555. The molecule has 1 aliphatic rings. The lowest BCUT2D eigenvalue weighted by atomic mass is 10.00. The van der Waals surface area contributed by atoms with E-state index in [1.165, 1.54) is 6.42 Å². The fourth-order valence-electron chi connectivity index (χ4n) is 2.43. The molecule has 0 radical (unpaired) electrons. The molecule has 0 saturated carbocycles. The number of carbonyl (C=O) groups excluding carboxylic acids is 1. The first-order valence-corrected chi connectivity index (χ1v) is 7.85. The molecular weight excluding hydrogens is 323 g/mol. The van der Waals surface area contributed by atoms with Crippen molar-refractivity contribution in [2.24, 2.45) is 5.92 Å². The monoisotopic (exact) mass is 346 g/mol. The fourth-order valence-corrected chi connectivity index (χ4v) is 2.59. The minimum absolute atomic E-state index is 0. The summed E-state index contributed by atoms with van der Waals surface area (Å²) in [4.78, 5) is 12.1. The van der Waals surface area contributed by atoms with Gasteiger partial charge in [-0.1, -0.05) is 17.7 Å². The molecule has 2 N–H and O–H groups in total. The zero-order chi connectivity index (χ0) is 15.2. The number of ether oxygens (including phenoxy) is 1. The van der Waals surface area contributed by atoms with Crippen molar-refractivity contribution >= 4 is 29.9 Å². The Morgan fingerprint density at radius 1 is 1.55 bits per heavy atom. The largest absolute Gasteiger partial charge is 0.479 e. The van der Waals surface area contributed by atoms with Gasteiger partial charge in [-0.3, -0.25) is 4.79 Å². The quantitative estimate of drug-likeness (QED) is 0.861. The van der Waals surface area contributed by atoms with Gasteiger partial charge >= 0.3 is 0 Å². The summed E-state index contributed by atoms with van der Waals surface area (Å²) in [5.74, 6) is 0.967. The summed E-state index contributed by atoms with van der Waals surface area (Å²) in [6.45, 7) is 6.45. The van der Waals surface area contributed by atoms with Gasteiger partial charge in [0.25, 0.3) is 5.91 Å². The summed E-state index contributed by atoms with van der Waals surface area (Å²) in [6.07, 6.45) is 1.78. The molecule has 4 nitrogen and oxygen atoms in total. The number of benzene rings is 1. The van der Waals surface area contributed by atoms with Crippen LogP contribution in [-0.4, -0.2) is 31.6 Å². The predicted octanol–water partition coefficient (Wildman–Crippen LogP) is 2.95. The van der Waals surface area contributed by atoms with Gasteiger partial charge in [0.1, 0.15) is 5.75 Å². The lowest BCUT2D eigenvalue weighted by molar-refractivity contribution is -0.127. The molecule has 1 aromatic carbocycles. The van der Waals surface area contributed by atoms with Crippen molar-refractivity contribution in [1.29, 1.82) is 0 Å². The second-order valence-electron chi connectivity index (χ2n) is 5.65. The summed E-state index contributed by atoms with van der Waals surface area (Å²) in [5, 5.41) is 6.83. The van der Waals surface area contributed by atoms with Gasteiger partial charge in [0, 0.05) is 6.54 Å². The predicted molar refractivity (Wildman–Crippen MR) is 92.1 cm³/mol. The average Bonchev–Trinajstić information content (AvgIpc) is 2.49. The molecule has 0 bridgehead atoms. The highest BCUT2D eigenvalue weighted by Crippen LogP contribution is 2.26. The minimum Gasteiger partial charge on any atom is -0.479 e. The topological polar surface area (TPSA) is 50.4 Å². The molecule has 1 aromatic rings. The van der Waals surface area contributed by atoms with E-state index in [9.17, 15) is 4.79 Å². The van der Waals surface area contributed by atoms with Crippen LogP contribution in [0, 0.1) is 12.8 Å². The first-order valence-electron chi connectivity index (χ1n) is 7.47. The Labute approximate surface area is 143 Å². The smallest absolute Gasteiger partial charge is 0.260 e. The summed E-state index contributed by atoms with van der Waals surface area (Å²) >= 11 is 6.08. The summed E-state index contributed by atoms with van der Waals surface area (Å²) in [7, 11) is 0. The number of amides is 1. The SMILES string of the molecule is Cc1ccc(Cl)c(OC(C)C(=O)NCC2CCCNC2)c1.Cl. The Bertz CT molecular complexity index is 491. The van der Waals surface area contributed by atoms with Crippen LogP contribution in [0.4, 0.5) is 0 Å². The number of halogens is 2.